The lowest BCUT2D eigenvalue weighted by molar-refractivity contribution is 0.183. The maximum Gasteiger partial charge on any atom is 0.0923 e. The SMILES string of the molecule is C#CC(COC)NCCC. The Morgan fingerprint density at radius 2 is 2.40 bits per heavy atom. The summed E-state index contributed by atoms with van der Waals surface area (Å²) in [6.45, 7) is 3.65. The highest BCUT2D eigenvalue weighted by Crippen LogP contribution is 1.82. The van der Waals surface area contributed by atoms with Crippen molar-refractivity contribution in [3.8, 4) is 12.3 Å². The molecule has 0 aliphatic rings. The Balaban J connectivity index is 3.33. The van der Waals surface area contributed by atoms with Crippen molar-refractivity contribution in [1.29, 1.82) is 0 Å². The van der Waals surface area contributed by atoms with E-state index in [0.29, 0.717) is 6.61 Å². The van der Waals surface area contributed by atoms with Crippen LogP contribution in [0, 0.1) is 12.3 Å². The lowest BCUT2D eigenvalue weighted by Crippen LogP contribution is -2.32. The van der Waals surface area contributed by atoms with Gasteiger partial charge in [-0.2, -0.15) is 0 Å². The molecule has 0 aromatic heterocycles. The van der Waals surface area contributed by atoms with Crippen molar-refractivity contribution in [2.45, 2.75) is 19.4 Å². The summed E-state index contributed by atoms with van der Waals surface area (Å²) in [4.78, 5) is 0. The Morgan fingerprint density at radius 3 is 2.80 bits per heavy atom. The third-order valence-electron chi connectivity index (χ3n) is 1.18. The second-order valence-electron chi connectivity index (χ2n) is 2.13. The van der Waals surface area contributed by atoms with Crippen molar-refractivity contribution >= 4 is 0 Å². The summed E-state index contributed by atoms with van der Waals surface area (Å²) >= 11 is 0. The van der Waals surface area contributed by atoms with E-state index in [-0.39, 0.29) is 6.04 Å². The first-order chi connectivity index (χ1) is 4.85. The lowest BCUT2D eigenvalue weighted by atomic mass is 10.3. The average Bonchev–Trinajstić information content (AvgIpc) is 1.98. The van der Waals surface area contributed by atoms with Gasteiger partial charge in [0, 0.05) is 7.11 Å². The van der Waals surface area contributed by atoms with Crippen molar-refractivity contribution < 1.29 is 4.74 Å². The zero-order valence-corrected chi connectivity index (χ0v) is 6.68. The molecule has 0 spiro atoms. The van der Waals surface area contributed by atoms with E-state index < -0.39 is 0 Å². The van der Waals surface area contributed by atoms with Gasteiger partial charge in [0.1, 0.15) is 0 Å². The van der Waals surface area contributed by atoms with Gasteiger partial charge in [-0.3, -0.25) is 0 Å². The van der Waals surface area contributed by atoms with Crippen LogP contribution < -0.4 is 5.32 Å². The second-order valence-corrected chi connectivity index (χ2v) is 2.13. The number of ether oxygens (including phenoxy) is 1. The molecule has 0 saturated carbocycles. The third kappa shape index (κ3) is 4.37. The highest BCUT2D eigenvalue weighted by atomic mass is 16.5. The molecule has 0 aromatic rings. The first kappa shape index (κ1) is 9.48. The molecule has 0 aromatic carbocycles. The van der Waals surface area contributed by atoms with Crippen molar-refractivity contribution in [1.82, 2.24) is 5.32 Å². The molecule has 58 valence electrons. The molecule has 2 nitrogen and oxygen atoms in total. The van der Waals surface area contributed by atoms with Crippen LogP contribution in [0.15, 0.2) is 0 Å². The van der Waals surface area contributed by atoms with E-state index >= 15 is 0 Å². The van der Waals surface area contributed by atoms with E-state index in [2.05, 4.69) is 18.2 Å². The molecule has 0 amide bonds. The Hall–Kier alpha value is -0.520. The molecule has 0 fully saturated rings. The molecule has 0 heterocycles. The number of terminal acetylenes is 1. The molecule has 0 rings (SSSR count). The van der Waals surface area contributed by atoms with Gasteiger partial charge in [-0.15, -0.1) is 6.42 Å². The van der Waals surface area contributed by atoms with Crippen LogP contribution in [-0.4, -0.2) is 26.3 Å². The summed E-state index contributed by atoms with van der Waals surface area (Å²) in [7, 11) is 1.65. The van der Waals surface area contributed by atoms with Gasteiger partial charge in [0.05, 0.1) is 12.6 Å². The molecule has 0 aliphatic heterocycles. The van der Waals surface area contributed by atoms with Gasteiger partial charge in [0.25, 0.3) is 0 Å². The third-order valence-corrected chi connectivity index (χ3v) is 1.18. The van der Waals surface area contributed by atoms with E-state index in [1.165, 1.54) is 0 Å². The van der Waals surface area contributed by atoms with Crippen molar-refractivity contribution in [3.63, 3.8) is 0 Å². The molecule has 0 bridgehead atoms. The monoisotopic (exact) mass is 141 g/mol. The summed E-state index contributed by atoms with van der Waals surface area (Å²) in [5.41, 5.74) is 0. The highest BCUT2D eigenvalue weighted by molar-refractivity contribution is 4.98. The zero-order valence-electron chi connectivity index (χ0n) is 6.68. The average molecular weight is 141 g/mol. The Kier molecular flexibility index (Phi) is 6.25. The van der Waals surface area contributed by atoms with Crippen LogP contribution in [0.4, 0.5) is 0 Å². The Bertz CT molecular complexity index is 106. The van der Waals surface area contributed by atoms with Gasteiger partial charge >= 0.3 is 0 Å². The summed E-state index contributed by atoms with van der Waals surface area (Å²) in [5.74, 6) is 2.60. The molecular weight excluding hydrogens is 126 g/mol. The Morgan fingerprint density at radius 1 is 1.70 bits per heavy atom. The highest BCUT2D eigenvalue weighted by Gasteiger charge is 1.99. The number of hydrogen-bond acceptors (Lipinski definition) is 2. The largest absolute Gasteiger partial charge is 0.382 e. The van der Waals surface area contributed by atoms with Crippen molar-refractivity contribution in [3.05, 3.63) is 0 Å². The van der Waals surface area contributed by atoms with Crippen LogP contribution in [0.3, 0.4) is 0 Å². The molecule has 10 heavy (non-hydrogen) atoms. The minimum atomic E-state index is 0.0740. The van der Waals surface area contributed by atoms with E-state index in [1.807, 2.05) is 0 Å². The van der Waals surface area contributed by atoms with Crippen LogP contribution in [-0.2, 0) is 4.74 Å². The summed E-state index contributed by atoms with van der Waals surface area (Å²) in [6, 6.07) is 0.0740. The smallest absolute Gasteiger partial charge is 0.0923 e. The van der Waals surface area contributed by atoms with Crippen molar-refractivity contribution in [2.24, 2.45) is 0 Å². The van der Waals surface area contributed by atoms with E-state index in [1.54, 1.807) is 7.11 Å². The summed E-state index contributed by atoms with van der Waals surface area (Å²) in [5, 5.41) is 3.16. The second kappa shape index (κ2) is 6.60. The zero-order chi connectivity index (χ0) is 7.82. The predicted molar refractivity (Wildman–Crippen MR) is 42.8 cm³/mol. The van der Waals surface area contributed by atoms with Gasteiger partial charge in [0.2, 0.25) is 0 Å². The topological polar surface area (TPSA) is 21.3 Å². The quantitative estimate of drug-likeness (QED) is 0.567. The standard InChI is InChI=1S/C8H15NO/c1-4-6-9-8(5-2)7-10-3/h2,8-9H,4,6-7H2,1,3H3. The summed E-state index contributed by atoms with van der Waals surface area (Å²) < 4.78 is 4.89. The minimum Gasteiger partial charge on any atom is -0.382 e. The Labute approximate surface area is 63.0 Å². The van der Waals surface area contributed by atoms with Gasteiger partial charge in [0.15, 0.2) is 0 Å². The number of nitrogens with one attached hydrogen (secondary N) is 1. The molecule has 0 radical (unpaired) electrons. The number of rotatable bonds is 5. The number of hydrogen-bond donors (Lipinski definition) is 1. The molecule has 0 aliphatic carbocycles. The molecule has 0 saturated heterocycles. The van der Waals surface area contributed by atoms with E-state index in [9.17, 15) is 0 Å². The van der Waals surface area contributed by atoms with Crippen LogP contribution in [0.5, 0.6) is 0 Å². The maximum absolute atomic E-state index is 5.21. The van der Waals surface area contributed by atoms with Crippen LogP contribution in [0.1, 0.15) is 13.3 Å². The van der Waals surface area contributed by atoms with Crippen LogP contribution in [0.25, 0.3) is 0 Å². The number of methoxy groups -OCH3 is 1. The van der Waals surface area contributed by atoms with Gasteiger partial charge in [-0.1, -0.05) is 12.8 Å². The maximum atomic E-state index is 5.21. The minimum absolute atomic E-state index is 0.0740. The molecule has 1 N–H and O–H groups in total. The fourth-order valence-corrected chi connectivity index (χ4v) is 0.651. The fourth-order valence-electron chi connectivity index (χ4n) is 0.651. The normalized spacial score (nSPS) is 12.5. The van der Waals surface area contributed by atoms with Crippen LogP contribution in [0.2, 0.25) is 0 Å². The van der Waals surface area contributed by atoms with E-state index in [4.69, 9.17) is 11.2 Å². The van der Waals surface area contributed by atoms with Gasteiger partial charge in [-0.25, -0.2) is 0 Å². The van der Waals surface area contributed by atoms with Crippen LogP contribution >= 0.6 is 0 Å². The van der Waals surface area contributed by atoms with Crippen molar-refractivity contribution in [2.75, 3.05) is 20.3 Å². The van der Waals surface area contributed by atoms with Gasteiger partial charge < -0.3 is 10.1 Å². The molecular formula is C8H15NO. The van der Waals surface area contributed by atoms with Gasteiger partial charge in [-0.05, 0) is 13.0 Å². The first-order valence-corrected chi connectivity index (χ1v) is 3.53. The molecule has 1 unspecified atom stereocenters. The molecule has 2 heteroatoms. The lowest BCUT2D eigenvalue weighted by Gasteiger charge is -2.09. The predicted octanol–water partition coefficient (Wildman–Crippen LogP) is 0.634. The summed E-state index contributed by atoms with van der Waals surface area (Å²) in [6.07, 6.45) is 6.31. The van der Waals surface area contributed by atoms with E-state index in [0.717, 1.165) is 13.0 Å². The fraction of sp³-hybridized carbons (Fsp3) is 0.750. The first-order valence-electron chi connectivity index (χ1n) is 3.53. The molecule has 1 atom stereocenters.